The van der Waals surface area contributed by atoms with Crippen molar-refractivity contribution in [1.82, 2.24) is 9.80 Å². The van der Waals surface area contributed by atoms with Crippen molar-refractivity contribution in [3.05, 3.63) is 71.9 Å². The highest BCUT2D eigenvalue weighted by Gasteiger charge is 2.22. The van der Waals surface area contributed by atoms with E-state index < -0.39 is 10.8 Å². The minimum absolute atomic E-state index is 0.112. The predicted molar refractivity (Wildman–Crippen MR) is 133 cm³/mol. The molecule has 0 spiro atoms. The van der Waals surface area contributed by atoms with Gasteiger partial charge in [-0.25, -0.2) is 8.78 Å². The van der Waals surface area contributed by atoms with Crippen LogP contribution in [-0.2, 0) is 10.8 Å². The minimum atomic E-state index is -0.818. The molecule has 0 N–H and O–H groups in total. The Labute approximate surface area is 195 Å². The maximum Gasteiger partial charge on any atom is 0.123 e. The van der Waals surface area contributed by atoms with Crippen molar-refractivity contribution >= 4 is 10.8 Å². The minimum Gasteiger partial charge on any atom is -0.297 e. The van der Waals surface area contributed by atoms with Crippen LogP contribution in [0.4, 0.5) is 8.78 Å². The molecule has 2 rings (SSSR count). The number of hydrogen-bond donors (Lipinski definition) is 0. The van der Waals surface area contributed by atoms with Gasteiger partial charge in [-0.15, -0.1) is 0 Å². The van der Waals surface area contributed by atoms with Crippen LogP contribution in [-0.4, -0.2) is 64.8 Å². The molecule has 1 saturated heterocycles. The first kappa shape index (κ1) is 26.6. The molecule has 3 nitrogen and oxygen atoms in total. The molecule has 32 heavy (non-hydrogen) atoms. The Balaban J connectivity index is 1.93. The Morgan fingerprint density at radius 1 is 1.12 bits per heavy atom. The Bertz CT molecular complexity index is 799. The monoisotopic (exact) mass is 464 g/mol. The number of allylic oxidation sites excluding steroid dienone is 3. The van der Waals surface area contributed by atoms with Crippen LogP contribution in [0.2, 0.25) is 0 Å². The van der Waals surface area contributed by atoms with E-state index in [0.29, 0.717) is 6.54 Å². The molecule has 0 saturated carbocycles. The van der Waals surface area contributed by atoms with Gasteiger partial charge in [0.05, 0.1) is 6.54 Å². The van der Waals surface area contributed by atoms with E-state index >= 15 is 0 Å². The average Bonchev–Trinajstić information content (AvgIpc) is 2.77. The quantitative estimate of drug-likeness (QED) is 0.304. The molecule has 0 radical (unpaired) electrons. The zero-order chi connectivity index (χ0) is 23.5. The fraction of sp³-hybridized carbons (Fsp3) is 0.538. The summed E-state index contributed by atoms with van der Waals surface area (Å²) in [4.78, 5) is 4.50. The van der Waals surface area contributed by atoms with E-state index in [1.54, 1.807) is 12.3 Å². The van der Waals surface area contributed by atoms with Crippen LogP contribution >= 0.6 is 0 Å². The molecule has 3 unspecified atom stereocenters. The second kappa shape index (κ2) is 13.8. The third-order valence-corrected chi connectivity index (χ3v) is 7.54. The summed E-state index contributed by atoms with van der Waals surface area (Å²) < 4.78 is 39.1. The second-order valence-corrected chi connectivity index (χ2v) is 10.5. The van der Waals surface area contributed by atoms with Crippen molar-refractivity contribution in [2.24, 2.45) is 0 Å². The lowest BCUT2D eigenvalue weighted by Crippen LogP contribution is -2.47. The van der Waals surface area contributed by atoms with Crippen LogP contribution in [0.3, 0.4) is 0 Å². The fourth-order valence-electron chi connectivity index (χ4n) is 4.05. The number of nitrogens with zero attached hydrogens (tertiary/aromatic N) is 2. The van der Waals surface area contributed by atoms with Gasteiger partial charge in [0, 0.05) is 60.9 Å². The number of hydrogen-bond acceptors (Lipinski definition) is 3. The van der Waals surface area contributed by atoms with Crippen LogP contribution in [0.1, 0.15) is 44.6 Å². The standard InChI is InChI=1S/C26H38F2N2OS/c1-5-6-9-25(28)20-30-17-15-29(16-18-30)19-21(2)26(10-7-8-22(3)32(4)31)23-11-13-24(27)14-12-23/h5-6,9,11-14,22,26H,2,7-8,10,15-20H2,1,3-4H3/b6-5-,25-9+. The van der Waals surface area contributed by atoms with Crippen molar-refractivity contribution in [3.8, 4) is 0 Å². The molecule has 0 aliphatic carbocycles. The van der Waals surface area contributed by atoms with Gasteiger partial charge in [0.1, 0.15) is 11.6 Å². The zero-order valence-electron chi connectivity index (χ0n) is 19.7. The van der Waals surface area contributed by atoms with E-state index in [0.717, 1.165) is 63.1 Å². The largest absolute Gasteiger partial charge is 0.297 e. The van der Waals surface area contributed by atoms with Crippen molar-refractivity contribution in [2.45, 2.75) is 44.3 Å². The molecule has 3 atom stereocenters. The topological polar surface area (TPSA) is 23.6 Å². The van der Waals surface area contributed by atoms with E-state index in [9.17, 15) is 13.0 Å². The first-order valence-electron chi connectivity index (χ1n) is 11.5. The summed E-state index contributed by atoms with van der Waals surface area (Å²) in [6, 6.07) is 6.72. The highest BCUT2D eigenvalue weighted by Crippen LogP contribution is 2.30. The van der Waals surface area contributed by atoms with Crippen molar-refractivity contribution < 1.29 is 13.0 Å². The smallest absolute Gasteiger partial charge is 0.123 e. The summed E-state index contributed by atoms with van der Waals surface area (Å²) in [5, 5.41) is 0.174. The average molecular weight is 465 g/mol. The normalized spacial score (nSPS) is 19.2. The number of benzene rings is 1. The van der Waals surface area contributed by atoms with Crippen LogP contribution in [0.15, 0.2) is 60.5 Å². The van der Waals surface area contributed by atoms with Gasteiger partial charge in [-0.05, 0) is 43.5 Å². The number of piperazine rings is 1. The summed E-state index contributed by atoms with van der Waals surface area (Å²) in [6.45, 7) is 12.8. The van der Waals surface area contributed by atoms with Crippen molar-refractivity contribution in [2.75, 3.05) is 45.5 Å². The molecule has 1 fully saturated rings. The molecule has 0 bridgehead atoms. The van der Waals surface area contributed by atoms with Gasteiger partial charge in [0.2, 0.25) is 0 Å². The maximum atomic E-state index is 13.9. The SMILES string of the molecule is C=C(CN1CCN(C/C(F)=C\C=C/C)CC1)C(CCCC(C)S(C)=O)c1ccc(F)cc1. The summed E-state index contributed by atoms with van der Waals surface area (Å²) in [6.07, 6.45) is 9.59. The molecule has 0 aromatic heterocycles. The maximum absolute atomic E-state index is 13.9. The summed E-state index contributed by atoms with van der Waals surface area (Å²) in [5.74, 6) is -0.202. The Hall–Kier alpha value is -1.63. The van der Waals surface area contributed by atoms with Crippen LogP contribution in [0.25, 0.3) is 0 Å². The fourth-order valence-corrected chi connectivity index (χ4v) is 4.55. The van der Waals surface area contributed by atoms with Gasteiger partial charge in [0.25, 0.3) is 0 Å². The van der Waals surface area contributed by atoms with Crippen LogP contribution in [0, 0.1) is 5.82 Å². The highest BCUT2D eigenvalue weighted by molar-refractivity contribution is 7.84. The van der Waals surface area contributed by atoms with E-state index in [1.165, 1.54) is 18.2 Å². The van der Waals surface area contributed by atoms with E-state index in [-0.39, 0.29) is 22.8 Å². The molecular weight excluding hydrogens is 426 g/mol. The van der Waals surface area contributed by atoms with Gasteiger partial charge in [0.15, 0.2) is 0 Å². The first-order valence-corrected chi connectivity index (χ1v) is 13.1. The lowest BCUT2D eigenvalue weighted by Gasteiger charge is -2.35. The van der Waals surface area contributed by atoms with E-state index in [4.69, 9.17) is 0 Å². The van der Waals surface area contributed by atoms with Gasteiger partial charge < -0.3 is 0 Å². The van der Waals surface area contributed by atoms with Gasteiger partial charge in [-0.1, -0.05) is 49.8 Å². The van der Waals surface area contributed by atoms with Crippen molar-refractivity contribution in [3.63, 3.8) is 0 Å². The Morgan fingerprint density at radius 2 is 1.72 bits per heavy atom. The van der Waals surface area contributed by atoms with Crippen LogP contribution < -0.4 is 0 Å². The third-order valence-electron chi connectivity index (χ3n) is 6.17. The molecule has 1 aliphatic rings. The van der Waals surface area contributed by atoms with E-state index in [2.05, 4.69) is 16.4 Å². The van der Waals surface area contributed by atoms with Gasteiger partial charge >= 0.3 is 0 Å². The zero-order valence-corrected chi connectivity index (χ0v) is 20.6. The number of rotatable bonds is 12. The Kier molecular flexibility index (Phi) is 11.5. The molecule has 1 heterocycles. The van der Waals surface area contributed by atoms with Gasteiger partial charge in [-0.3, -0.25) is 14.0 Å². The van der Waals surface area contributed by atoms with Crippen LogP contribution in [0.5, 0.6) is 0 Å². The molecular formula is C26H38F2N2OS. The molecule has 0 amide bonds. The molecule has 1 aromatic rings. The lowest BCUT2D eigenvalue weighted by atomic mass is 9.87. The highest BCUT2D eigenvalue weighted by atomic mass is 32.2. The third kappa shape index (κ3) is 9.08. The molecule has 1 aliphatic heterocycles. The molecule has 1 aromatic carbocycles. The predicted octanol–water partition coefficient (Wildman–Crippen LogP) is 5.45. The first-order chi connectivity index (χ1) is 15.3. The molecule has 6 heteroatoms. The summed E-state index contributed by atoms with van der Waals surface area (Å²) in [7, 11) is -0.818. The summed E-state index contributed by atoms with van der Waals surface area (Å²) >= 11 is 0. The number of halogens is 2. The Morgan fingerprint density at radius 3 is 2.28 bits per heavy atom. The van der Waals surface area contributed by atoms with Gasteiger partial charge in [-0.2, -0.15) is 0 Å². The summed E-state index contributed by atoms with van der Waals surface area (Å²) in [5.41, 5.74) is 2.20. The lowest BCUT2D eigenvalue weighted by molar-refractivity contribution is 0.142. The van der Waals surface area contributed by atoms with Crippen molar-refractivity contribution in [1.29, 1.82) is 0 Å². The molecule has 178 valence electrons. The second-order valence-electron chi connectivity index (χ2n) is 8.69. The van der Waals surface area contributed by atoms with E-state index in [1.807, 2.05) is 32.1 Å².